The van der Waals surface area contributed by atoms with E-state index >= 15 is 0 Å². The van der Waals surface area contributed by atoms with Crippen molar-refractivity contribution in [2.75, 3.05) is 11.9 Å². The van der Waals surface area contributed by atoms with Gasteiger partial charge in [-0.05, 0) is 38.0 Å². The van der Waals surface area contributed by atoms with Crippen LogP contribution in [0.15, 0.2) is 30.4 Å². The summed E-state index contributed by atoms with van der Waals surface area (Å²) < 4.78 is 43.8. The third kappa shape index (κ3) is 4.90. The molecule has 3 amide bonds. The third-order valence-corrected chi connectivity index (χ3v) is 5.43. The third-order valence-electron chi connectivity index (χ3n) is 5.10. The van der Waals surface area contributed by atoms with Gasteiger partial charge in [0, 0.05) is 5.69 Å². The number of rotatable bonds is 5. The summed E-state index contributed by atoms with van der Waals surface area (Å²) in [7, 11) is 0. The van der Waals surface area contributed by atoms with Gasteiger partial charge in [0.05, 0.1) is 22.4 Å². The van der Waals surface area contributed by atoms with Crippen molar-refractivity contribution < 1.29 is 37.1 Å². The molecule has 0 spiro atoms. The largest absolute Gasteiger partial charge is 0.451 e. The van der Waals surface area contributed by atoms with Crippen LogP contribution in [-0.2, 0) is 30.1 Å². The number of benzene rings is 1. The van der Waals surface area contributed by atoms with Crippen LogP contribution in [0, 0.1) is 11.8 Å². The number of halogens is 4. The molecule has 0 bridgehead atoms. The molecule has 1 heterocycles. The van der Waals surface area contributed by atoms with Gasteiger partial charge in [-0.2, -0.15) is 13.2 Å². The first kappa shape index (κ1) is 22.8. The van der Waals surface area contributed by atoms with Gasteiger partial charge in [-0.15, -0.1) is 0 Å². The number of ether oxygens (including phenoxy) is 1. The molecule has 0 aromatic heterocycles. The molecule has 1 aromatic carbocycles. The number of anilines is 1. The molecule has 166 valence electrons. The predicted octanol–water partition coefficient (Wildman–Crippen LogP) is 3.18. The zero-order valence-corrected chi connectivity index (χ0v) is 17.0. The fourth-order valence-electron chi connectivity index (χ4n) is 3.51. The lowest BCUT2D eigenvalue weighted by Crippen LogP contribution is -2.39. The van der Waals surface area contributed by atoms with Gasteiger partial charge < -0.3 is 10.1 Å². The summed E-state index contributed by atoms with van der Waals surface area (Å²) in [5, 5.41) is 1.68. The number of hydrogen-bond donors (Lipinski definition) is 1. The van der Waals surface area contributed by atoms with Crippen molar-refractivity contribution in [3.63, 3.8) is 0 Å². The minimum Gasteiger partial charge on any atom is -0.451 e. The first-order chi connectivity index (χ1) is 14.5. The maximum atomic E-state index is 12.9. The van der Waals surface area contributed by atoms with Crippen LogP contribution in [0.25, 0.3) is 0 Å². The van der Waals surface area contributed by atoms with Gasteiger partial charge in [0.25, 0.3) is 5.91 Å². The number of nitrogens with one attached hydrogen (secondary N) is 1. The fraction of sp³-hybridized carbons (Fsp3) is 0.400. The SMILES string of the molecule is C[C@H](OC(=O)CN1C(=O)[C@H]2CC=CC[C@@H]2C1=O)C(=O)Nc1ccc(Cl)c(C(F)(F)F)c1. The van der Waals surface area contributed by atoms with E-state index in [2.05, 4.69) is 5.32 Å². The van der Waals surface area contributed by atoms with E-state index in [4.69, 9.17) is 16.3 Å². The summed E-state index contributed by atoms with van der Waals surface area (Å²) >= 11 is 5.53. The summed E-state index contributed by atoms with van der Waals surface area (Å²) in [5.41, 5.74) is -1.32. The molecule has 1 fully saturated rings. The molecule has 1 saturated heterocycles. The highest BCUT2D eigenvalue weighted by atomic mass is 35.5. The average Bonchev–Trinajstić information content (AvgIpc) is 2.93. The highest BCUT2D eigenvalue weighted by Gasteiger charge is 2.48. The van der Waals surface area contributed by atoms with Gasteiger partial charge in [0.1, 0.15) is 6.54 Å². The number of imide groups is 1. The van der Waals surface area contributed by atoms with E-state index in [0.717, 1.165) is 11.0 Å². The number of allylic oxidation sites excluding steroid dienone is 2. The zero-order valence-electron chi connectivity index (χ0n) is 16.2. The second-order valence-electron chi connectivity index (χ2n) is 7.23. The number of esters is 1. The minimum atomic E-state index is -4.71. The number of likely N-dealkylation sites (tertiary alicyclic amines) is 1. The standard InChI is InChI=1S/C20H18ClF3N2O5/c1-10(17(28)25-11-6-7-15(21)14(8-11)20(22,23)24)31-16(27)9-26-18(29)12-4-2-3-5-13(12)19(26)30/h2-3,6-8,10,12-13H,4-5,9H2,1H3,(H,25,28)/t10-,12-,13-/m0/s1. The molecule has 3 atom stereocenters. The number of fused-ring (bicyclic) bond motifs is 1. The molecule has 31 heavy (non-hydrogen) atoms. The van der Waals surface area contributed by atoms with E-state index in [1.54, 1.807) is 0 Å². The molecule has 1 N–H and O–H groups in total. The smallest absolute Gasteiger partial charge is 0.417 e. The first-order valence-electron chi connectivity index (χ1n) is 9.36. The number of alkyl halides is 3. The summed E-state index contributed by atoms with van der Waals surface area (Å²) in [5.74, 6) is -3.80. The van der Waals surface area contributed by atoms with Crippen LogP contribution < -0.4 is 5.32 Å². The van der Waals surface area contributed by atoms with Crippen molar-refractivity contribution in [1.29, 1.82) is 0 Å². The molecule has 0 saturated carbocycles. The Morgan fingerprint density at radius 1 is 1.19 bits per heavy atom. The molecule has 0 unspecified atom stereocenters. The highest BCUT2D eigenvalue weighted by Crippen LogP contribution is 2.36. The quantitative estimate of drug-likeness (QED) is 0.415. The van der Waals surface area contributed by atoms with E-state index in [1.165, 1.54) is 13.0 Å². The van der Waals surface area contributed by atoms with Gasteiger partial charge in [0.2, 0.25) is 11.8 Å². The Hall–Kier alpha value is -2.88. The highest BCUT2D eigenvalue weighted by molar-refractivity contribution is 6.31. The Labute approximate surface area is 180 Å². The number of carbonyl (C=O) groups is 4. The number of carbonyl (C=O) groups excluding carboxylic acids is 4. The Balaban J connectivity index is 1.58. The predicted molar refractivity (Wildman–Crippen MR) is 103 cm³/mol. The van der Waals surface area contributed by atoms with Crippen LogP contribution in [0.1, 0.15) is 25.3 Å². The second kappa shape index (κ2) is 8.70. The van der Waals surface area contributed by atoms with Crippen molar-refractivity contribution in [2.45, 2.75) is 32.0 Å². The molecular formula is C20H18ClF3N2O5. The van der Waals surface area contributed by atoms with E-state index in [9.17, 15) is 32.3 Å². The van der Waals surface area contributed by atoms with Crippen molar-refractivity contribution in [2.24, 2.45) is 11.8 Å². The van der Waals surface area contributed by atoms with Crippen LogP contribution >= 0.6 is 11.6 Å². The summed E-state index contributed by atoms with van der Waals surface area (Å²) in [6, 6.07) is 2.81. The van der Waals surface area contributed by atoms with Crippen LogP contribution in [0.3, 0.4) is 0 Å². The van der Waals surface area contributed by atoms with Crippen LogP contribution in [-0.4, -0.2) is 41.2 Å². The van der Waals surface area contributed by atoms with Crippen molar-refractivity contribution in [3.8, 4) is 0 Å². The Bertz CT molecular complexity index is 937. The van der Waals surface area contributed by atoms with E-state index < -0.39 is 64.9 Å². The first-order valence-corrected chi connectivity index (χ1v) is 9.74. The lowest BCUT2D eigenvalue weighted by atomic mass is 9.85. The van der Waals surface area contributed by atoms with Gasteiger partial charge in [0.15, 0.2) is 6.10 Å². The molecule has 1 aromatic rings. The Kier molecular flexibility index (Phi) is 6.40. The van der Waals surface area contributed by atoms with Crippen LogP contribution in [0.5, 0.6) is 0 Å². The van der Waals surface area contributed by atoms with Crippen molar-refractivity contribution in [3.05, 3.63) is 40.9 Å². The zero-order chi connectivity index (χ0) is 22.9. The maximum absolute atomic E-state index is 12.9. The van der Waals surface area contributed by atoms with E-state index in [1.807, 2.05) is 12.2 Å². The Morgan fingerprint density at radius 2 is 1.77 bits per heavy atom. The Morgan fingerprint density at radius 3 is 2.32 bits per heavy atom. The average molecular weight is 459 g/mol. The van der Waals surface area contributed by atoms with Crippen molar-refractivity contribution in [1.82, 2.24) is 4.90 Å². The molecule has 2 aliphatic rings. The summed E-state index contributed by atoms with van der Waals surface area (Å²) in [6.45, 7) is 0.576. The van der Waals surface area contributed by atoms with E-state index in [0.29, 0.717) is 18.9 Å². The lowest BCUT2D eigenvalue weighted by Gasteiger charge is -2.17. The summed E-state index contributed by atoms with van der Waals surface area (Å²) in [6.07, 6.45) is -1.64. The normalized spacial score (nSPS) is 21.6. The maximum Gasteiger partial charge on any atom is 0.417 e. The van der Waals surface area contributed by atoms with E-state index in [-0.39, 0.29) is 5.69 Å². The fourth-order valence-corrected chi connectivity index (χ4v) is 3.73. The molecule has 1 aliphatic carbocycles. The molecule has 7 nitrogen and oxygen atoms in total. The summed E-state index contributed by atoms with van der Waals surface area (Å²) in [4.78, 5) is 49.9. The van der Waals surface area contributed by atoms with Gasteiger partial charge in [-0.25, -0.2) is 0 Å². The van der Waals surface area contributed by atoms with Crippen LogP contribution in [0.4, 0.5) is 18.9 Å². The minimum absolute atomic E-state index is 0.189. The van der Waals surface area contributed by atoms with Crippen molar-refractivity contribution >= 4 is 41.0 Å². The number of amides is 3. The van der Waals surface area contributed by atoms with Gasteiger partial charge in [-0.3, -0.25) is 24.1 Å². The molecule has 1 aliphatic heterocycles. The number of nitrogens with zero attached hydrogens (tertiary/aromatic N) is 1. The van der Waals surface area contributed by atoms with Gasteiger partial charge in [-0.1, -0.05) is 23.8 Å². The second-order valence-corrected chi connectivity index (χ2v) is 7.64. The molecule has 3 rings (SSSR count). The topological polar surface area (TPSA) is 92.8 Å². The molecular weight excluding hydrogens is 441 g/mol. The van der Waals surface area contributed by atoms with Gasteiger partial charge >= 0.3 is 12.1 Å². The lowest BCUT2D eigenvalue weighted by molar-refractivity contribution is -0.158. The molecule has 0 radical (unpaired) electrons. The molecule has 11 heteroatoms. The monoisotopic (exact) mass is 458 g/mol. The van der Waals surface area contributed by atoms with Crippen LogP contribution in [0.2, 0.25) is 5.02 Å². The number of hydrogen-bond acceptors (Lipinski definition) is 5.